The van der Waals surface area contributed by atoms with E-state index in [4.69, 9.17) is 18.0 Å². The quantitative estimate of drug-likeness (QED) is 0.624. The van der Waals surface area contributed by atoms with Crippen molar-refractivity contribution in [2.75, 3.05) is 18.1 Å². The lowest BCUT2D eigenvalue weighted by Gasteiger charge is -2.13. The highest BCUT2D eigenvalue weighted by atomic mass is 32.2. The summed E-state index contributed by atoms with van der Waals surface area (Å²) in [5.41, 5.74) is 7.62. The molecule has 0 saturated carbocycles. The van der Waals surface area contributed by atoms with Crippen LogP contribution in [-0.4, -0.2) is 27.9 Å². The number of rotatable bonds is 6. The van der Waals surface area contributed by atoms with E-state index in [0.29, 0.717) is 23.8 Å². The Morgan fingerprint density at radius 1 is 1.53 bits per heavy atom. The van der Waals surface area contributed by atoms with E-state index >= 15 is 0 Å². The second kappa shape index (κ2) is 6.53. The van der Waals surface area contributed by atoms with E-state index in [2.05, 4.69) is 20.0 Å². The van der Waals surface area contributed by atoms with Crippen molar-refractivity contribution in [3.8, 4) is 0 Å². The zero-order valence-electron chi connectivity index (χ0n) is 10.4. The van der Waals surface area contributed by atoms with Gasteiger partial charge in [-0.05, 0) is 18.4 Å². The number of thioether (sulfide) groups is 1. The molecule has 0 radical (unpaired) electrons. The van der Waals surface area contributed by atoms with E-state index in [0.717, 1.165) is 16.1 Å². The minimum absolute atomic E-state index is 0.395. The average molecular weight is 294 g/mol. The van der Waals surface area contributed by atoms with Crippen molar-refractivity contribution in [3.63, 3.8) is 0 Å². The smallest absolute Gasteiger partial charge is 0.213 e. The van der Waals surface area contributed by atoms with Crippen LogP contribution in [0.3, 0.4) is 0 Å². The van der Waals surface area contributed by atoms with Crippen LogP contribution >= 0.6 is 24.0 Å². The molecule has 0 aliphatic rings. The first kappa shape index (κ1) is 13.8. The molecule has 1 aromatic carbocycles. The summed E-state index contributed by atoms with van der Waals surface area (Å²) in [5.74, 6) is 0.672. The Kier molecular flexibility index (Phi) is 4.75. The Labute approximate surface area is 121 Å². The second-order valence-electron chi connectivity index (χ2n) is 3.77. The molecule has 2 aromatic rings. The van der Waals surface area contributed by atoms with E-state index in [1.807, 2.05) is 24.5 Å². The molecule has 1 heterocycles. The fourth-order valence-corrected chi connectivity index (χ4v) is 2.64. The molecular weight excluding hydrogens is 280 g/mol. The standard InChI is InChI=1S/C12H14N4OS2/c1-19-9-4-2-3-8(11(9)12(13)18)14-6-5-10-15-7-17-16-10/h2-4,7,14H,5-6H2,1H3,(H2,13,18). The van der Waals surface area contributed by atoms with E-state index < -0.39 is 0 Å². The lowest BCUT2D eigenvalue weighted by molar-refractivity contribution is 0.410. The molecule has 0 atom stereocenters. The Bertz CT molecular complexity index is 557. The highest BCUT2D eigenvalue weighted by Gasteiger charge is 2.10. The minimum Gasteiger partial charge on any atom is -0.389 e. The number of benzene rings is 1. The predicted molar refractivity (Wildman–Crippen MR) is 80.6 cm³/mol. The van der Waals surface area contributed by atoms with Gasteiger partial charge in [0.15, 0.2) is 5.82 Å². The van der Waals surface area contributed by atoms with Crippen LogP contribution < -0.4 is 11.1 Å². The molecule has 0 bridgehead atoms. The van der Waals surface area contributed by atoms with E-state index in [9.17, 15) is 0 Å². The summed E-state index contributed by atoms with van der Waals surface area (Å²) in [6.07, 6.45) is 4.00. The monoisotopic (exact) mass is 294 g/mol. The maximum Gasteiger partial charge on any atom is 0.213 e. The van der Waals surface area contributed by atoms with Gasteiger partial charge in [-0.15, -0.1) is 11.8 Å². The molecule has 0 saturated heterocycles. The molecule has 0 amide bonds. The molecule has 0 unspecified atom stereocenters. The number of thiocarbonyl (C=S) groups is 1. The third-order valence-electron chi connectivity index (χ3n) is 2.56. The molecule has 0 fully saturated rings. The van der Waals surface area contributed by atoms with Gasteiger partial charge in [-0.1, -0.05) is 23.4 Å². The minimum atomic E-state index is 0.395. The number of aromatic nitrogens is 2. The van der Waals surface area contributed by atoms with Crippen molar-refractivity contribution in [1.29, 1.82) is 0 Å². The zero-order valence-corrected chi connectivity index (χ0v) is 12.1. The number of nitrogens with zero attached hydrogens (tertiary/aromatic N) is 2. The third-order valence-corrected chi connectivity index (χ3v) is 3.55. The van der Waals surface area contributed by atoms with Gasteiger partial charge in [0.25, 0.3) is 0 Å². The van der Waals surface area contributed by atoms with E-state index in [1.165, 1.54) is 6.39 Å². The molecule has 0 aliphatic carbocycles. The summed E-state index contributed by atoms with van der Waals surface area (Å²) in [6, 6.07) is 5.94. The first-order chi connectivity index (χ1) is 9.22. The Morgan fingerprint density at radius 2 is 2.37 bits per heavy atom. The van der Waals surface area contributed by atoms with Gasteiger partial charge in [-0.3, -0.25) is 0 Å². The molecule has 19 heavy (non-hydrogen) atoms. The summed E-state index contributed by atoms with van der Waals surface area (Å²) in [6.45, 7) is 0.687. The average Bonchev–Trinajstić information content (AvgIpc) is 2.91. The van der Waals surface area contributed by atoms with Crippen LogP contribution in [-0.2, 0) is 6.42 Å². The summed E-state index contributed by atoms with van der Waals surface area (Å²) >= 11 is 6.74. The van der Waals surface area contributed by atoms with Crippen LogP contribution in [0.1, 0.15) is 11.4 Å². The lowest BCUT2D eigenvalue weighted by Crippen LogP contribution is -2.16. The van der Waals surface area contributed by atoms with Gasteiger partial charge in [0.2, 0.25) is 6.39 Å². The highest BCUT2D eigenvalue weighted by Crippen LogP contribution is 2.27. The molecule has 3 N–H and O–H groups in total. The maximum absolute atomic E-state index is 5.80. The van der Waals surface area contributed by atoms with Crippen LogP contribution in [0.25, 0.3) is 0 Å². The van der Waals surface area contributed by atoms with Crippen LogP contribution in [0.2, 0.25) is 0 Å². The number of hydrogen-bond acceptors (Lipinski definition) is 6. The fraction of sp³-hybridized carbons (Fsp3) is 0.250. The Morgan fingerprint density at radius 3 is 3.00 bits per heavy atom. The molecular formula is C12H14N4OS2. The molecule has 5 nitrogen and oxygen atoms in total. The molecule has 0 aliphatic heterocycles. The molecule has 0 spiro atoms. The number of anilines is 1. The van der Waals surface area contributed by atoms with Gasteiger partial charge in [0.1, 0.15) is 4.99 Å². The van der Waals surface area contributed by atoms with Crippen molar-refractivity contribution in [1.82, 2.24) is 10.1 Å². The van der Waals surface area contributed by atoms with Gasteiger partial charge in [-0.2, -0.15) is 4.98 Å². The summed E-state index contributed by atoms with van der Waals surface area (Å²) in [5, 5.41) is 7.06. The van der Waals surface area contributed by atoms with Crippen molar-refractivity contribution in [2.24, 2.45) is 5.73 Å². The Balaban J connectivity index is 2.09. The second-order valence-corrected chi connectivity index (χ2v) is 5.06. The van der Waals surface area contributed by atoms with Crippen molar-refractivity contribution >= 4 is 34.7 Å². The van der Waals surface area contributed by atoms with Gasteiger partial charge in [-0.25, -0.2) is 0 Å². The topological polar surface area (TPSA) is 77.0 Å². The Hall–Kier alpha value is -1.60. The largest absolute Gasteiger partial charge is 0.389 e. The molecule has 2 rings (SSSR count). The van der Waals surface area contributed by atoms with Crippen LogP contribution in [0.5, 0.6) is 0 Å². The SMILES string of the molecule is CSc1cccc(NCCc2ncon2)c1C(N)=S. The summed E-state index contributed by atoms with van der Waals surface area (Å²) in [7, 11) is 0. The van der Waals surface area contributed by atoms with Gasteiger partial charge in [0, 0.05) is 29.1 Å². The van der Waals surface area contributed by atoms with E-state index in [1.54, 1.807) is 11.8 Å². The van der Waals surface area contributed by atoms with Crippen molar-refractivity contribution in [2.45, 2.75) is 11.3 Å². The lowest BCUT2D eigenvalue weighted by atomic mass is 10.1. The normalized spacial score (nSPS) is 10.4. The summed E-state index contributed by atoms with van der Waals surface area (Å²) in [4.78, 5) is 5.43. The van der Waals surface area contributed by atoms with Crippen molar-refractivity contribution in [3.05, 3.63) is 36.0 Å². The molecule has 1 aromatic heterocycles. The molecule has 100 valence electrons. The van der Waals surface area contributed by atoms with Gasteiger partial charge >= 0.3 is 0 Å². The van der Waals surface area contributed by atoms with Crippen LogP contribution in [0, 0.1) is 0 Å². The summed E-state index contributed by atoms with van der Waals surface area (Å²) < 4.78 is 4.68. The highest BCUT2D eigenvalue weighted by molar-refractivity contribution is 7.98. The number of nitrogens with one attached hydrogen (secondary N) is 1. The third kappa shape index (κ3) is 3.45. The van der Waals surface area contributed by atoms with Crippen molar-refractivity contribution < 1.29 is 4.52 Å². The number of hydrogen-bond donors (Lipinski definition) is 2. The fourth-order valence-electron chi connectivity index (χ4n) is 1.71. The van der Waals surface area contributed by atoms with Crippen LogP contribution in [0.4, 0.5) is 5.69 Å². The zero-order chi connectivity index (χ0) is 13.7. The maximum atomic E-state index is 5.80. The first-order valence-corrected chi connectivity index (χ1v) is 7.31. The first-order valence-electron chi connectivity index (χ1n) is 5.68. The van der Waals surface area contributed by atoms with Gasteiger partial charge < -0.3 is 15.6 Å². The number of nitrogens with two attached hydrogens (primary N) is 1. The van der Waals surface area contributed by atoms with Crippen LogP contribution in [0.15, 0.2) is 34.0 Å². The van der Waals surface area contributed by atoms with Gasteiger partial charge in [0.05, 0.1) is 0 Å². The molecule has 7 heteroatoms. The van der Waals surface area contributed by atoms with E-state index in [-0.39, 0.29) is 0 Å². The predicted octanol–water partition coefficient (Wildman–Crippen LogP) is 2.08.